The number of anilines is 1. The zero-order valence-corrected chi connectivity index (χ0v) is 15.2. The highest BCUT2D eigenvalue weighted by Gasteiger charge is 2.26. The highest BCUT2D eigenvalue weighted by molar-refractivity contribution is 6.06. The number of fused-ring (bicyclic) bond motifs is 1. The van der Waals surface area contributed by atoms with Gasteiger partial charge in [0.2, 0.25) is 5.91 Å². The topological polar surface area (TPSA) is 110 Å². The summed E-state index contributed by atoms with van der Waals surface area (Å²) in [7, 11) is 1.89. The first-order chi connectivity index (χ1) is 13.1. The Bertz CT molecular complexity index is 991. The second-order valence-corrected chi connectivity index (χ2v) is 6.86. The van der Waals surface area contributed by atoms with Crippen LogP contribution in [0.15, 0.2) is 30.3 Å². The molecule has 8 nitrogen and oxygen atoms in total. The van der Waals surface area contributed by atoms with Gasteiger partial charge in [0.15, 0.2) is 5.82 Å². The van der Waals surface area contributed by atoms with Crippen LogP contribution in [0.2, 0.25) is 0 Å². The lowest BCUT2D eigenvalue weighted by molar-refractivity contribution is 0.100. The third-order valence-electron chi connectivity index (χ3n) is 5.29. The van der Waals surface area contributed by atoms with Crippen LogP contribution in [-0.4, -0.2) is 43.9 Å². The van der Waals surface area contributed by atoms with E-state index in [-0.39, 0.29) is 12.5 Å². The number of aliphatic hydroxyl groups is 1. The maximum absolute atomic E-state index is 11.9. The molecule has 0 bridgehead atoms. The minimum absolute atomic E-state index is 0.112. The summed E-state index contributed by atoms with van der Waals surface area (Å²) in [6.45, 7) is 1.49. The van der Waals surface area contributed by atoms with Gasteiger partial charge in [0.05, 0.1) is 11.1 Å². The first-order valence-electron chi connectivity index (χ1n) is 9.02. The Hall–Kier alpha value is -3.00. The molecular formula is C19H22N6O2. The molecule has 3 aromatic rings. The molecule has 3 heterocycles. The number of benzene rings is 1. The maximum atomic E-state index is 11.9. The lowest BCUT2D eigenvalue weighted by Crippen LogP contribution is -2.34. The normalized spacial score (nSPS) is 15.4. The van der Waals surface area contributed by atoms with Crippen LogP contribution in [0, 0.1) is 0 Å². The van der Waals surface area contributed by atoms with Crippen LogP contribution in [0.3, 0.4) is 0 Å². The minimum Gasteiger partial charge on any atom is -0.388 e. The van der Waals surface area contributed by atoms with E-state index in [4.69, 9.17) is 10.7 Å². The Morgan fingerprint density at radius 2 is 2.00 bits per heavy atom. The van der Waals surface area contributed by atoms with Gasteiger partial charge in [-0.25, -0.2) is 4.98 Å². The summed E-state index contributed by atoms with van der Waals surface area (Å²) in [5.41, 5.74) is 6.85. The maximum Gasteiger partial charge on any atom is 0.249 e. The molecule has 1 saturated heterocycles. The second-order valence-electron chi connectivity index (χ2n) is 6.86. The number of hydrogen-bond acceptors (Lipinski definition) is 6. The Morgan fingerprint density at radius 3 is 2.67 bits per heavy atom. The van der Waals surface area contributed by atoms with Crippen LogP contribution in [0.5, 0.6) is 0 Å². The molecule has 140 valence electrons. The van der Waals surface area contributed by atoms with E-state index in [1.54, 1.807) is 6.07 Å². The van der Waals surface area contributed by atoms with Crippen molar-refractivity contribution in [3.05, 3.63) is 47.5 Å². The third kappa shape index (κ3) is 3.12. The number of hydrogen-bond donors (Lipinski definition) is 2. The van der Waals surface area contributed by atoms with E-state index in [9.17, 15) is 9.90 Å². The fraction of sp³-hybridized carbons (Fsp3) is 0.368. The van der Waals surface area contributed by atoms with Crippen LogP contribution in [0.1, 0.15) is 40.8 Å². The van der Waals surface area contributed by atoms with Crippen molar-refractivity contribution in [3.63, 3.8) is 0 Å². The highest BCUT2D eigenvalue weighted by Crippen LogP contribution is 2.30. The molecule has 0 spiro atoms. The summed E-state index contributed by atoms with van der Waals surface area (Å²) in [5, 5.41) is 18.4. The van der Waals surface area contributed by atoms with Crippen molar-refractivity contribution < 1.29 is 9.90 Å². The fourth-order valence-electron chi connectivity index (χ4n) is 3.76. The van der Waals surface area contributed by atoms with Crippen LogP contribution in [0.4, 0.5) is 5.82 Å². The van der Waals surface area contributed by atoms with Crippen LogP contribution in [-0.2, 0) is 13.7 Å². The third-order valence-corrected chi connectivity index (χ3v) is 5.29. The molecule has 0 aliphatic carbocycles. The number of carbonyl (C=O) groups is 1. The number of primary amides is 1. The summed E-state index contributed by atoms with van der Waals surface area (Å²) >= 11 is 0. The molecule has 3 N–H and O–H groups in total. The lowest BCUT2D eigenvalue weighted by Gasteiger charge is -2.32. The van der Waals surface area contributed by atoms with E-state index in [0.29, 0.717) is 11.4 Å². The smallest absolute Gasteiger partial charge is 0.249 e. The predicted octanol–water partition coefficient (Wildman–Crippen LogP) is 1.34. The molecule has 2 aromatic heterocycles. The van der Waals surface area contributed by atoms with Gasteiger partial charge in [0.25, 0.3) is 0 Å². The number of pyridine rings is 1. The van der Waals surface area contributed by atoms with Gasteiger partial charge >= 0.3 is 0 Å². The van der Waals surface area contributed by atoms with Crippen LogP contribution in [0.25, 0.3) is 10.9 Å². The van der Waals surface area contributed by atoms with Gasteiger partial charge in [-0.3, -0.25) is 4.79 Å². The molecule has 0 atom stereocenters. The molecule has 1 fully saturated rings. The lowest BCUT2D eigenvalue weighted by atomic mass is 9.95. The van der Waals surface area contributed by atoms with Crippen molar-refractivity contribution in [2.24, 2.45) is 12.8 Å². The average Bonchev–Trinajstić information content (AvgIpc) is 3.07. The summed E-state index contributed by atoms with van der Waals surface area (Å²) in [6.07, 6.45) is 1.80. The van der Waals surface area contributed by atoms with E-state index >= 15 is 0 Å². The van der Waals surface area contributed by atoms with Gasteiger partial charge in [0, 0.05) is 31.4 Å². The molecule has 0 saturated carbocycles. The van der Waals surface area contributed by atoms with E-state index < -0.39 is 5.91 Å². The number of aliphatic hydroxyl groups excluding tert-OH is 1. The molecule has 0 radical (unpaired) electrons. The Kier molecular flexibility index (Phi) is 4.49. The molecule has 1 aromatic carbocycles. The first-order valence-corrected chi connectivity index (χ1v) is 9.02. The van der Waals surface area contributed by atoms with Gasteiger partial charge in [-0.2, -0.15) is 0 Å². The number of para-hydroxylation sites is 1. The van der Waals surface area contributed by atoms with Crippen LogP contribution < -0.4 is 10.6 Å². The molecule has 0 unspecified atom stereocenters. The minimum atomic E-state index is -0.444. The van der Waals surface area contributed by atoms with Gasteiger partial charge in [-0.05, 0) is 25.0 Å². The number of aromatic nitrogens is 4. The number of piperidine rings is 1. The van der Waals surface area contributed by atoms with Gasteiger partial charge in [0.1, 0.15) is 18.2 Å². The molecule has 1 amide bonds. The fourth-order valence-corrected chi connectivity index (χ4v) is 3.76. The quantitative estimate of drug-likeness (QED) is 0.721. The van der Waals surface area contributed by atoms with Crippen molar-refractivity contribution in [2.75, 3.05) is 18.0 Å². The van der Waals surface area contributed by atoms with E-state index in [2.05, 4.69) is 15.1 Å². The molecule has 1 aliphatic heterocycles. The zero-order valence-electron chi connectivity index (χ0n) is 15.2. The summed E-state index contributed by atoms with van der Waals surface area (Å²) in [4.78, 5) is 18.8. The largest absolute Gasteiger partial charge is 0.388 e. The number of amides is 1. The number of nitrogens with two attached hydrogens (primary N) is 1. The van der Waals surface area contributed by atoms with Crippen molar-refractivity contribution >= 4 is 22.6 Å². The SMILES string of the molecule is Cn1c(CO)nnc1C1CCN(c2cc(C(N)=O)c3ccccc3n2)CC1. The highest BCUT2D eigenvalue weighted by atomic mass is 16.3. The summed E-state index contributed by atoms with van der Waals surface area (Å²) < 4.78 is 1.87. The predicted molar refractivity (Wildman–Crippen MR) is 101 cm³/mol. The second kappa shape index (κ2) is 6.96. The molecular weight excluding hydrogens is 344 g/mol. The molecule has 8 heteroatoms. The average molecular weight is 366 g/mol. The Morgan fingerprint density at radius 1 is 1.26 bits per heavy atom. The number of carbonyl (C=O) groups excluding carboxylic acids is 1. The van der Waals surface area contributed by atoms with Crippen LogP contribution >= 0.6 is 0 Å². The van der Waals surface area contributed by atoms with Gasteiger partial charge in [-0.15, -0.1) is 10.2 Å². The van der Waals surface area contributed by atoms with E-state index in [1.807, 2.05) is 35.9 Å². The first kappa shape index (κ1) is 17.4. The van der Waals surface area contributed by atoms with Crippen molar-refractivity contribution in [1.82, 2.24) is 19.7 Å². The summed E-state index contributed by atoms with van der Waals surface area (Å²) in [6, 6.07) is 9.34. The van der Waals surface area contributed by atoms with Gasteiger partial charge in [-0.1, -0.05) is 18.2 Å². The number of nitrogens with zero attached hydrogens (tertiary/aromatic N) is 5. The zero-order chi connectivity index (χ0) is 19.0. The Labute approximate surface area is 156 Å². The Balaban J connectivity index is 1.57. The van der Waals surface area contributed by atoms with Crippen molar-refractivity contribution in [3.8, 4) is 0 Å². The monoisotopic (exact) mass is 366 g/mol. The van der Waals surface area contributed by atoms with Gasteiger partial charge < -0.3 is 20.3 Å². The molecule has 4 rings (SSSR count). The standard InChI is InChI=1S/C19H22N6O2/c1-24-17(11-26)22-23-19(24)12-6-8-25(9-7-12)16-10-14(18(20)27)13-4-2-3-5-15(13)21-16/h2-5,10,12,26H,6-9,11H2,1H3,(H2,20,27). The number of rotatable bonds is 4. The van der Waals surface area contributed by atoms with Crippen molar-refractivity contribution in [1.29, 1.82) is 0 Å². The van der Waals surface area contributed by atoms with E-state index in [1.165, 1.54) is 0 Å². The molecule has 27 heavy (non-hydrogen) atoms. The molecule has 1 aliphatic rings. The summed E-state index contributed by atoms with van der Waals surface area (Å²) in [5.74, 6) is 2.10. The van der Waals surface area contributed by atoms with Crippen molar-refractivity contribution in [2.45, 2.75) is 25.4 Å². The van der Waals surface area contributed by atoms with E-state index in [0.717, 1.165) is 48.5 Å².